The maximum atomic E-state index is 12.0. The normalized spacial score (nSPS) is 19.1. The molecule has 1 aliphatic carbocycles. The van der Waals surface area contributed by atoms with Crippen LogP contribution >= 0.6 is 0 Å². The molecule has 1 amide bonds. The smallest absolute Gasteiger partial charge is 0.240 e. The quantitative estimate of drug-likeness (QED) is 0.727. The highest BCUT2D eigenvalue weighted by atomic mass is 16.5. The van der Waals surface area contributed by atoms with E-state index in [4.69, 9.17) is 10.00 Å². The first kappa shape index (κ1) is 15.9. The van der Waals surface area contributed by atoms with Crippen LogP contribution in [-0.2, 0) is 9.53 Å². The van der Waals surface area contributed by atoms with Crippen molar-refractivity contribution >= 4 is 5.91 Å². The van der Waals surface area contributed by atoms with E-state index in [2.05, 4.69) is 11.4 Å². The molecule has 0 radical (unpaired) electrons. The molecule has 0 aromatic heterocycles. The van der Waals surface area contributed by atoms with Gasteiger partial charge in [0.1, 0.15) is 5.41 Å². The number of amides is 1. The number of rotatable bonds is 7. The summed E-state index contributed by atoms with van der Waals surface area (Å²) in [5.41, 5.74) is -0.876. The third-order valence-electron chi connectivity index (χ3n) is 3.37. The maximum absolute atomic E-state index is 12.0. The summed E-state index contributed by atoms with van der Waals surface area (Å²) in [7, 11) is 0. The fourth-order valence-corrected chi connectivity index (χ4v) is 2.25. The lowest BCUT2D eigenvalue weighted by atomic mass is 9.87. The van der Waals surface area contributed by atoms with E-state index in [9.17, 15) is 9.90 Å². The summed E-state index contributed by atoms with van der Waals surface area (Å²) in [6.07, 6.45) is 2.35. The molecule has 108 valence electrons. The number of nitriles is 1. The van der Waals surface area contributed by atoms with Crippen molar-refractivity contribution in [1.82, 2.24) is 5.32 Å². The van der Waals surface area contributed by atoms with Crippen molar-refractivity contribution in [2.75, 3.05) is 19.8 Å². The van der Waals surface area contributed by atoms with E-state index in [0.717, 1.165) is 12.8 Å². The van der Waals surface area contributed by atoms with Gasteiger partial charge in [0.25, 0.3) is 0 Å². The van der Waals surface area contributed by atoms with Gasteiger partial charge in [0.15, 0.2) is 0 Å². The Kier molecular flexibility index (Phi) is 6.26. The van der Waals surface area contributed by atoms with Gasteiger partial charge in [-0.3, -0.25) is 4.79 Å². The Morgan fingerprint density at radius 2 is 2.05 bits per heavy atom. The largest absolute Gasteiger partial charge is 0.389 e. The number of aliphatic hydroxyl groups excluding tert-OH is 1. The predicted octanol–water partition coefficient (Wildman–Crippen LogP) is 1.22. The van der Waals surface area contributed by atoms with Crippen LogP contribution in [0.4, 0.5) is 0 Å². The van der Waals surface area contributed by atoms with E-state index in [1.807, 2.05) is 13.8 Å². The van der Waals surface area contributed by atoms with Crippen molar-refractivity contribution < 1.29 is 14.6 Å². The molecule has 5 nitrogen and oxygen atoms in total. The number of hydrogen-bond acceptors (Lipinski definition) is 4. The van der Waals surface area contributed by atoms with Crippen LogP contribution in [0.25, 0.3) is 0 Å². The van der Waals surface area contributed by atoms with Gasteiger partial charge in [-0.15, -0.1) is 0 Å². The highest BCUT2D eigenvalue weighted by molar-refractivity contribution is 5.85. The zero-order valence-electron chi connectivity index (χ0n) is 11.8. The van der Waals surface area contributed by atoms with Gasteiger partial charge in [-0.2, -0.15) is 5.26 Å². The Morgan fingerprint density at radius 3 is 2.58 bits per heavy atom. The van der Waals surface area contributed by atoms with E-state index >= 15 is 0 Å². The van der Waals surface area contributed by atoms with Crippen molar-refractivity contribution in [2.24, 2.45) is 11.3 Å². The summed E-state index contributed by atoms with van der Waals surface area (Å²) >= 11 is 0. The highest BCUT2D eigenvalue weighted by Gasteiger charge is 2.41. The van der Waals surface area contributed by atoms with Gasteiger partial charge >= 0.3 is 0 Å². The van der Waals surface area contributed by atoms with Crippen LogP contribution in [0.1, 0.15) is 39.5 Å². The summed E-state index contributed by atoms with van der Waals surface area (Å²) in [5, 5.41) is 21.5. The van der Waals surface area contributed by atoms with Crippen LogP contribution in [0.5, 0.6) is 0 Å². The topological polar surface area (TPSA) is 82.3 Å². The first-order chi connectivity index (χ1) is 9.00. The molecular formula is C14H24N2O3. The summed E-state index contributed by atoms with van der Waals surface area (Å²) in [6, 6.07) is 2.13. The first-order valence-corrected chi connectivity index (χ1v) is 6.95. The van der Waals surface area contributed by atoms with Gasteiger partial charge in [0.2, 0.25) is 5.91 Å². The van der Waals surface area contributed by atoms with E-state index in [1.54, 1.807) is 0 Å². The number of carbonyl (C=O) groups is 1. The van der Waals surface area contributed by atoms with E-state index in [-0.39, 0.29) is 19.1 Å². The van der Waals surface area contributed by atoms with Crippen LogP contribution in [0.3, 0.4) is 0 Å². The lowest BCUT2D eigenvalue weighted by molar-refractivity contribution is -0.128. The molecule has 1 rings (SSSR count). The molecule has 1 atom stereocenters. The maximum Gasteiger partial charge on any atom is 0.240 e. The third kappa shape index (κ3) is 4.81. The Bertz CT molecular complexity index is 330. The summed E-state index contributed by atoms with van der Waals surface area (Å²) < 4.78 is 5.30. The SMILES string of the molecule is CC(C)COC[C@H](O)CNC(=O)C1(C#N)CCCC1. The molecule has 2 N–H and O–H groups in total. The minimum atomic E-state index is -0.876. The van der Waals surface area contributed by atoms with Crippen LogP contribution in [0, 0.1) is 22.7 Å². The second-order valence-corrected chi connectivity index (χ2v) is 5.70. The lowest BCUT2D eigenvalue weighted by Crippen LogP contribution is -2.42. The fourth-order valence-electron chi connectivity index (χ4n) is 2.25. The van der Waals surface area contributed by atoms with E-state index < -0.39 is 11.5 Å². The molecule has 1 fully saturated rings. The Balaban J connectivity index is 2.28. The average Bonchev–Trinajstić information content (AvgIpc) is 2.85. The second-order valence-electron chi connectivity index (χ2n) is 5.70. The number of carbonyl (C=O) groups excluding carboxylic acids is 1. The Hall–Kier alpha value is -1.12. The van der Waals surface area contributed by atoms with E-state index in [0.29, 0.717) is 25.4 Å². The van der Waals surface area contributed by atoms with Crippen LogP contribution in [0.15, 0.2) is 0 Å². The minimum Gasteiger partial charge on any atom is -0.389 e. The standard InChI is InChI=1S/C14H24N2O3/c1-11(2)8-19-9-12(17)7-16-13(18)14(10-15)5-3-4-6-14/h11-12,17H,3-9H2,1-2H3,(H,16,18)/t12-/m1/s1. The van der Waals surface area contributed by atoms with Crippen LogP contribution in [0.2, 0.25) is 0 Å². The molecular weight excluding hydrogens is 244 g/mol. The first-order valence-electron chi connectivity index (χ1n) is 6.95. The molecule has 1 saturated carbocycles. The van der Waals surface area contributed by atoms with Crippen LogP contribution in [-0.4, -0.2) is 36.9 Å². The molecule has 5 heteroatoms. The van der Waals surface area contributed by atoms with Gasteiger partial charge in [-0.25, -0.2) is 0 Å². The number of nitrogens with one attached hydrogen (secondary N) is 1. The zero-order chi connectivity index (χ0) is 14.3. The Labute approximate surface area is 114 Å². The monoisotopic (exact) mass is 268 g/mol. The van der Waals surface area contributed by atoms with E-state index in [1.165, 1.54) is 0 Å². The van der Waals surface area contributed by atoms with Crippen molar-refractivity contribution in [3.8, 4) is 6.07 Å². The predicted molar refractivity (Wildman–Crippen MR) is 71.2 cm³/mol. The number of aliphatic hydroxyl groups is 1. The van der Waals surface area contributed by atoms with Gasteiger partial charge in [0, 0.05) is 13.2 Å². The van der Waals surface area contributed by atoms with Gasteiger partial charge in [-0.05, 0) is 18.8 Å². The molecule has 0 spiro atoms. The molecule has 0 aromatic rings. The summed E-state index contributed by atoms with van der Waals surface area (Å²) in [6.45, 7) is 5.00. The van der Waals surface area contributed by atoms with Gasteiger partial charge in [-0.1, -0.05) is 26.7 Å². The Morgan fingerprint density at radius 1 is 1.42 bits per heavy atom. The van der Waals surface area contributed by atoms with Crippen molar-refractivity contribution in [3.05, 3.63) is 0 Å². The molecule has 19 heavy (non-hydrogen) atoms. The molecule has 1 aliphatic rings. The molecule has 0 aliphatic heterocycles. The molecule has 0 bridgehead atoms. The molecule has 0 heterocycles. The molecule has 0 aromatic carbocycles. The average molecular weight is 268 g/mol. The summed E-state index contributed by atoms with van der Waals surface area (Å²) in [5.74, 6) is 0.164. The molecule has 0 unspecified atom stereocenters. The second kappa shape index (κ2) is 7.46. The zero-order valence-corrected chi connectivity index (χ0v) is 11.8. The lowest BCUT2D eigenvalue weighted by Gasteiger charge is -2.20. The number of hydrogen-bond donors (Lipinski definition) is 2. The van der Waals surface area contributed by atoms with Gasteiger partial charge in [0.05, 0.1) is 18.8 Å². The highest BCUT2D eigenvalue weighted by Crippen LogP contribution is 2.37. The van der Waals surface area contributed by atoms with Gasteiger partial charge < -0.3 is 15.2 Å². The van der Waals surface area contributed by atoms with Crippen molar-refractivity contribution in [1.29, 1.82) is 5.26 Å². The number of ether oxygens (including phenoxy) is 1. The van der Waals surface area contributed by atoms with Crippen molar-refractivity contribution in [2.45, 2.75) is 45.6 Å². The van der Waals surface area contributed by atoms with Crippen molar-refractivity contribution in [3.63, 3.8) is 0 Å². The minimum absolute atomic E-state index is 0.139. The fraction of sp³-hybridized carbons (Fsp3) is 0.857. The summed E-state index contributed by atoms with van der Waals surface area (Å²) in [4.78, 5) is 12.0. The molecule has 0 saturated heterocycles. The van der Waals surface area contributed by atoms with Crippen LogP contribution < -0.4 is 5.32 Å². The third-order valence-corrected chi connectivity index (χ3v) is 3.37. The number of nitrogens with zero attached hydrogens (tertiary/aromatic N) is 1.